The molecule has 0 aromatic carbocycles. The molecule has 1 saturated heterocycles. The lowest BCUT2D eigenvalue weighted by Gasteiger charge is -2.18. The Balaban J connectivity index is 2.96. The summed E-state index contributed by atoms with van der Waals surface area (Å²) in [5, 5.41) is 20.2. The second-order valence-corrected chi connectivity index (χ2v) is 2.50. The maximum atomic E-state index is 10.8. The van der Waals surface area contributed by atoms with Gasteiger partial charge in [-0.1, -0.05) is 6.92 Å². The van der Waals surface area contributed by atoms with Gasteiger partial charge in [-0.05, 0) is 6.42 Å². The van der Waals surface area contributed by atoms with Gasteiger partial charge in [-0.2, -0.15) is 0 Å². The van der Waals surface area contributed by atoms with Crippen molar-refractivity contribution in [3.05, 3.63) is 0 Å². The zero-order valence-electron chi connectivity index (χ0n) is 6.00. The van der Waals surface area contributed by atoms with Crippen molar-refractivity contribution >= 4 is 11.8 Å². The number of hydrogen-bond acceptors (Lipinski definition) is 4. The van der Waals surface area contributed by atoms with Crippen molar-refractivity contribution in [3.8, 4) is 0 Å². The molecule has 1 rings (SSSR count). The summed E-state index contributed by atoms with van der Waals surface area (Å²) < 4.78 is 0. The van der Waals surface area contributed by atoms with Crippen molar-refractivity contribution in [1.82, 2.24) is 5.32 Å². The van der Waals surface area contributed by atoms with Crippen molar-refractivity contribution in [2.24, 2.45) is 0 Å². The number of hydrogen-bond donors (Lipinski definition) is 3. The van der Waals surface area contributed by atoms with Gasteiger partial charge in [0.05, 0.1) is 0 Å². The SMILES string of the molecule is CCC1(O)C(=O)NC(=O)C1O. The zero-order chi connectivity index (χ0) is 8.65. The second kappa shape index (κ2) is 2.28. The number of nitrogens with one attached hydrogen (secondary N) is 1. The maximum Gasteiger partial charge on any atom is 0.261 e. The normalized spacial score (nSPS) is 37.5. The van der Waals surface area contributed by atoms with Crippen LogP contribution in [0, 0.1) is 0 Å². The summed E-state index contributed by atoms with van der Waals surface area (Å²) in [5.41, 5.74) is -1.92. The molecule has 0 spiro atoms. The third kappa shape index (κ3) is 0.928. The van der Waals surface area contributed by atoms with Gasteiger partial charge in [-0.15, -0.1) is 0 Å². The fraction of sp³-hybridized carbons (Fsp3) is 0.667. The van der Waals surface area contributed by atoms with Gasteiger partial charge in [0, 0.05) is 0 Å². The molecule has 0 bridgehead atoms. The third-order valence-electron chi connectivity index (χ3n) is 1.87. The molecular weight excluding hydrogens is 150 g/mol. The average molecular weight is 159 g/mol. The highest BCUT2D eigenvalue weighted by atomic mass is 16.4. The molecule has 0 saturated carbocycles. The summed E-state index contributed by atoms with van der Waals surface area (Å²) in [6.45, 7) is 1.52. The van der Waals surface area contributed by atoms with Crippen LogP contribution in [0.2, 0.25) is 0 Å². The third-order valence-corrected chi connectivity index (χ3v) is 1.87. The lowest BCUT2D eigenvalue weighted by atomic mass is 9.96. The van der Waals surface area contributed by atoms with E-state index in [4.69, 9.17) is 5.11 Å². The highest BCUT2D eigenvalue weighted by molar-refractivity contribution is 6.10. The summed E-state index contributed by atoms with van der Waals surface area (Å²) in [7, 11) is 0. The first-order valence-corrected chi connectivity index (χ1v) is 3.28. The fourth-order valence-corrected chi connectivity index (χ4v) is 0.983. The van der Waals surface area contributed by atoms with Crippen LogP contribution in [0.4, 0.5) is 0 Å². The number of amides is 2. The molecule has 1 heterocycles. The van der Waals surface area contributed by atoms with E-state index in [0.717, 1.165) is 0 Å². The molecule has 2 amide bonds. The van der Waals surface area contributed by atoms with Crippen molar-refractivity contribution in [2.75, 3.05) is 0 Å². The Morgan fingerprint density at radius 3 is 2.36 bits per heavy atom. The number of imide groups is 1. The molecule has 5 nitrogen and oxygen atoms in total. The minimum absolute atomic E-state index is 0.0196. The van der Waals surface area contributed by atoms with Crippen LogP contribution in [0.3, 0.4) is 0 Å². The average Bonchev–Trinajstić information content (AvgIpc) is 2.16. The van der Waals surface area contributed by atoms with E-state index in [1.807, 2.05) is 5.32 Å². The lowest BCUT2D eigenvalue weighted by Crippen LogP contribution is -2.45. The number of aliphatic hydroxyl groups excluding tert-OH is 1. The first-order valence-electron chi connectivity index (χ1n) is 3.28. The van der Waals surface area contributed by atoms with Gasteiger partial charge >= 0.3 is 0 Å². The van der Waals surface area contributed by atoms with Crippen molar-refractivity contribution in [1.29, 1.82) is 0 Å². The zero-order valence-corrected chi connectivity index (χ0v) is 6.00. The molecule has 0 radical (unpaired) electrons. The lowest BCUT2D eigenvalue weighted by molar-refractivity contribution is -0.145. The van der Waals surface area contributed by atoms with E-state index in [9.17, 15) is 14.7 Å². The van der Waals surface area contributed by atoms with Crippen LogP contribution in [-0.4, -0.2) is 33.7 Å². The molecule has 2 unspecified atom stereocenters. The molecule has 11 heavy (non-hydrogen) atoms. The number of aliphatic hydroxyl groups is 2. The van der Waals surface area contributed by atoms with Crippen molar-refractivity contribution in [2.45, 2.75) is 25.0 Å². The standard InChI is InChI=1S/C6H9NO4/c1-2-6(11)3(8)4(9)7-5(6)10/h3,8,11H,2H2,1H3,(H,7,9,10). The summed E-state index contributed by atoms with van der Waals surface area (Å²) in [5.74, 6) is -1.66. The van der Waals surface area contributed by atoms with E-state index in [-0.39, 0.29) is 6.42 Å². The van der Waals surface area contributed by atoms with E-state index in [1.54, 1.807) is 0 Å². The van der Waals surface area contributed by atoms with Crippen LogP contribution in [0.25, 0.3) is 0 Å². The number of rotatable bonds is 1. The van der Waals surface area contributed by atoms with Crippen LogP contribution in [-0.2, 0) is 9.59 Å². The van der Waals surface area contributed by atoms with Gasteiger partial charge in [-0.3, -0.25) is 14.9 Å². The second-order valence-electron chi connectivity index (χ2n) is 2.50. The van der Waals surface area contributed by atoms with E-state index >= 15 is 0 Å². The summed E-state index contributed by atoms with van der Waals surface area (Å²) in [6.07, 6.45) is -1.61. The molecule has 0 aliphatic carbocycles. The summed E-state index contributed by atoms with van der Waals surface area (Å²) in [6, 6.07) is 0. The predicted molar refractivity (Wildman–Crippen MR) is 34.4 cm³/mol. The largest absolute Gasteiger partial charge is 0.380 e. The smallest absolute Gasteiger partial charge is 0.261 e. The van der Waals surface area contributed by atoms with Crippen LogP contribution < -0.4 is 5.32 Å². The molecule has 0 aromatic rings. The van der Waals surface area contributed by atoms with Gasteiger partial charge in [-0.25, -0.2) is 0 Å². The van der Waals surface area contributed by atoms with Crippen LogP contribution in [0.5, 0.6) is 0 Å². The van der Waals surface area contributed by atoms with E-state index in [0.29, 0.717) is 0 Å². The Kier molecular flexibility index (Phi) is 1.69. The topological polar surface area (TPSA) is 86.6 Å². The first kappa shape index (κ1) is 8.16. The van der Waals surface area contributed by atoms with E-state index in [2.05, 4.69) is 0 Å². The van der Waals surface area contributed by atoms with E-state index in [1.165, 1.54) is 6.92 Å². The maximum absolute atomic E-state index is 10.8. The van der Waals surface area contributed by atoms with Gasteiger partial charge in [0.25, 0.3) is 11.8 Å². The Morgan fingerprint density at radius 1 is 1.64 bits per heavy atom. The molecule has 1 aliphatic heterocycles. The molecule has 3 N–H and O–H groups in total. The van der Waals surface area contributed by atoms with Crippen LogP contribution in [0.15, 0.2) is 0 Å². The summed E-state index contributed by atoms with van der Waals surface area (Å²) >= 11 is 0. The minimum atomic E-state index is -1.92. The van der Waals surface area contributed by atoms with Crippen LogP contribution >= 0.6 is 0 Å². The van der Waals surface area contributed by atoms with Gasteiger partial charge in [0.2, 0.25) is 0 Å². The Bertz CT molecular complexity index is 215. The molecule has 2 atom stereocenters. The highest BCUT2D eigenvalue weighted by Gasteiger charge is 2.52. The number of carbonyl (C=O) groups is 2. The van der Waals surface area contributed by atoms with Crippen molar-refractivity contribution in [3.63, 3.8) is 0 Å². The minimum Gasteiger partial charge on any atom is -0.380 e. The predicted octanol–water partition coefficient (Wildman–Crippen LogP) is -1.86. The fourth-order valence-electron chi connectivity index (χ4n) is 0.983. The van der Waals surface area contributed by atoms with Gasteiger partial charge in [0.15, 0.2) is 11.7 Å². The Labute approximate surface area is 63.0 Å². The highest BCUT2D eigenvalue weighted by Crippen LogP contribution is 2.20. The van der Waals surface area contributed by atoms with Gasteiger partial charge < -0.3 is 10.2 Å². The molecule has 5 heteroatoms. The van der Waals surface area contributed by atoms with E-state index < -0.39 is 23.5 Å². The number of carbonyl (C=O) groups excluding carboxylic acids is 2. The van der Waals surface area contributed by atoms with Gasteiger partial charge in [0.1, 0.15) is 0 Å². The quantitative estimate of drug-likeness (QED) is 0.392. The molecule has 1 fully saturated rings. The summed E-state index contributed by atoms with van der Waals surface area (Å²) in [4.78, 5) is 21.4. The van der Waals surface area contributed by atoms with Crippen LogP contribution in [0.1, 0.15) is 13.3 Å². The first-order chi connectivity index (χ1) is 5.02. The Morgan fingerprint density at radius 2 is 2.18 bits per heavy atom. The molecular formula is C6H9NO4. The molecule has 0 aromatic heterocycles. The molecule has 1 aliphatic rings. The Hall–Kier alpha value is -0.940. The monoisotopic (exact) mass is 159 g/mol. The van der Waals surface area contributed by atoms with Crippen molar-refractivity contribution < 1.29 is 19.8 Å². The molecule has 62 valence electrons.